The number of hydrogen-bond donors (Lipinski definition) is 2. The van der Waals surface area contributed by atoms with Gasteiger partial charge in [0.2, 0.25) is 11.8 Å². The average molecular weight is 402 g/mol. The second-order valence-electron chi connectivity index (χ2n) is 7.07. The van der Waals surface area contributed by atoms with E-state index in [0.717, 1.165) is 11.1 Å². The van der Waals surface area contributed by atoms with Gasteiger partial charge in [-0.2, -0.15) is 0 Å². The number of carbonyl (C=O) groups is 4. The number of nitrogens with zero attached hydrogens (tertiary/aromatic N) is 2. The number of benzene rings is 1. The zero-order valence-electron chi connectivity index (χ0n) is 16.0. The van der Waals surface area contributed by atoms with Crippen LogP contribution in [0, 0.1) is 11.8 Å². The van der Waals surface area contributed by atoms with Gasteiger partial charge in [-0.25, -0.2) is 0 Å². The summed E-state index contributed by atoms with van der Waals surface area (Å²) in [4.78, 5) is 53.5. The van der Waals surface area contributed by atoms with Crippen LogP contribution in [0.4, 0.5) is 0 Å². The number of fused-ring (bicyclic) bond motifs is 1. The third kappa shape index (κ3) is 4.05. The molecule has 8 heteroatoms. The first kappa shape index (κ1) is 19.3. The molecule has 2 N–H and O–H groups in total. The Kier molecular flexibility index (Phi) is 5.26. The number of aromatic nitrogens is 1. The SMILES string of the molecule is O=C(C#Cc1cccnc1)NCc1ccc2c(c1)CN(C1CCC(=O)NC1=O)C2=O. The lowest BCUT2D eigenvalue weighted by atomic mass is 10.0. The van der Waals surface area contributed by atoms with Crippen molar-refractivity contribution in [3.63, 3.8) is 0 Å². The second kappa shape index (κ2) is 8.17. The zero-order chi connectivity index (χ0) is 21.1. The highest BCUT2D eigenvalue weighted by Gasteiger charge is 2.38. The first-order chi connectivity index (χ1) is 14.5. The maximum atomic E-state index is 12.7. The van der Waals surface area contributed by atoms with Crippen molar-refractivity contribution in [2.45, 2.75) is 32.0 Å². The van der Waals surface area contributed by atoms with E-state index in [9.17, 15) is 19.2 Å². The maximum Gasteiger partial charge on any atom is 0.296 e. The van der Waals surface area contributed by atoms with Crippen molar-refractivity contribution in [1.82, 2.24) is 20.5 Å². The highest BCUT2D eigenvalue weighted by molar-refractivity contribution is 6.05. The van der Waals surface area contributed by atoms with Crippen molar-refractivity contribution in [3.8, 4) is 11.8 Å². The summed E-state index contributed by atoms with van der Waals surface area (Å²) in [5.74, 6) is 3.86. The van der Waals surface area contributed by atoms with Crippen LogP contribution >= 0.6 is 0 Å². The van der Waals surface area contributed by atoms with Crippen molar-refractivity contribution in [3.05, 3.63) is 65.0 Å². The fourth-order valence-electron chi connectivity index (χ4n) is 3.53. The van der Waals surface area contributed by atoms with E-state index in [4.69, 9.17) is 0 Å². The van der Waals surface area contributed by atoms with E-state index in [1.807, 2.05) is 6.07 Å². The summed E-state index contributed by atoms with van der Waals surface area (Å²) >= 11 is 0. The fourth-order valence-corrected chi connectivity index (χ4v) is 3.53. The molecule has 1 unspecified atom stereocenters. The molecule has 150 valence electrons. The van der Waals surface area contributed by atoms with Crippen molar-refractivity contribution in [1.29, 1.82) is 0 Å². The smallest absolute Gasteiger partial charge is 0.296 e. The van der Waals surface area contributed by atoms with Gasteiger partial charge in [0.15, 0.2) is 0 Å². The number of imide groups is 1. The van der Waals surface area contributed by atoms with Gasteiger partial charge in [-0.15, -0.1) is 0 Å². The van der Waals surface area contributed by atoms with Crippen molar-refractivity contribution in [2.75, 3.05) is 0 Å². The summed E-state index contributed by atoms with van der Waals surface area (Å²) in [6.45, 7) is 0.559. The van der Waals surface area contributed by atoms with Gasteiger partial charge >= 0.3 is 0 Å². The quantitative estimate of drug-likeness (QED) is 0.575. The number of carbonyl (C=O) groups excluding carboxylic acids is 4. The molecule has 8 nitrogen and oxygen atoms in total. The summed E-state index contributed by atoms with van der Waals surface area (Å²) in [5.41, 5.74) is 2.80. The minimum atomic E-state index is -0.645. The lowest BCUT2D eigenvalue weighted by Crippen LogP contribution is -2.52. The van der Waals surface area contributed by atoms with E-state index in [2.05, 4.69) is 27.5 Å². The molecule has 1 aromatic carbocycles. The third-order valence-corrected chi connectivity index (χ3v) is 5.02. The molecule has 1 saturated heterocycles. The number of hydrogen-bond acceptors (Lipinski definition) is 5. The van der Waals surface area contributed by atoms with Gasteiger partial charge in [0.25, 0.3) is 11.8 Å². The van der Waals surface area contributed by atoms with Crippen LogP contribution in [-0.2, 0) is 27.5 Å². The molecule has 3 heterocycles. The van der Waals surface area contributed by atoms with E-state index in [-0.39, 0.29) is 24.8 Å². The predicted octanol–water partition coefficient (Wildman–Crippen LogP) is 0.510. The summed E-state index contributed by atoms with van der Waals surface area (Å²) < 4.78 is 0. The van der Waals surface area contributed by atoms with Gasteiger partial charge in [-0.3, -0.25) is 29.5 Å². The minimum absolute atomic E-state index is 0.216. The zero-order valence-corrected chi connectivity index (χ0v) is 16.0. The van der Waals surface area contributed by atoms with Crippen LogP contribution in [0.1, 0.15) is 39.9 Å². The number of rotatable bonds is 3. The molecule has 2 aromatic rings. The number of nitrogens with one attached hydrogen (secondary N) is 2. The summed E-state index contributed by atoms with van der Waals surface area (Å²) in [6.07, 6.45) is 3.74. The highest BCUT2D eigenvalue weighted by Crippen LogP contribution is 2.28. The Morgan fingerprint density at radius 3 is 2.90 bits per heavy atom. The molecular formula is C22H18N4O4. The Morgan fingerprint density at radius 1 is 1.27 bits per heavy atom. The standard InChI is InChI=1S/C22H18N4O4/c27-19(7-4-14-2-1-9-23-11-14)24-12-15-3-5-17-16(10-15)13-26(22(17)30)18-6-8-20(28)25-21(18)29/h1-3,5,9-11,18H,6,8,12-13H2,(H,24,27)(H,25,28,29). The molecule has 0 bridgehead atoms. The van der Waals surface area contributed by atoms with Crippen LogP contribution in [0.2, 0.25) is 0 Å². The average Bonchev–Trinajstić information content (AvgIpc) is 3.07. The van der Waals surface area contributed by atoms with Crippen LogP contribution in [0.25, 0.3) is 0 Å². The molecule has 1 aromatic heterocycles. The van der Waals surface area contributed by atoms with Gasteiger partial charge in [-0.1, -0.05) is 18.1 Å². The molecule has 0 aliphatic carbocycles. The molecule has 1 atom stereocenters. The molecule has 2 aliphatic heterocycles. The summed E-state index contributed by atoms with van der Waals surface area (Å²) in [7, 11) is 0. The topological polar surface area (TPSA) is 108 Å². The van der Waals surface area contributed by atoms with Gasteiger partial charge in [-0.05, 0) is 35.7 Å². The van der Waals surface area contributed by atoms with Crippen LogP contribution in [0.15, 0.2) is 42.7 Å². The molecule has 2 aliphatic rings. The van der Waals surface area contributed by atoms with E-state index in [1.54, 1.807) is 36.7 Å². The van der Waals surface area contributed by atoms with Gasteiger partial charge in [0, 0.05) is 49.0 Å². The Hall–Kier alpha value is -3.99. The molecule has 4 amide bonds. The number of pyridine rings is 1. The lowest BCUT2D eigenvalue weighted by molar-refractivity contribution is -0.137. The Bertz CT molecular complexity index is 1100. The largest absolute Gasteiger partial charge is 0.341 e. The predicted molar refractivity (Wildman–Crippen MR) is 105 cm³/mol. The highest BCUT2D eigenvalue weighted by atomic mass is 16.2. The van der Waals surface area contributed by atoms with E-state index in [1.165, 1.54) is 4.90 Å². The van der Waals surface area contributed by atoms with Gasteiger partial charge in [0.1, 0.15) is 6.04 Å². The Labute approximate surface area is 172 Å². The molecule has 1 fully saturated rings. The first-order valence-electron chi connectivity index (χ1n) is 9.47. The number of amides is 4. The minimum Gasteiger partial charge on any atom is -0.341 e. The van der Waals surface area contributed by atoms with Gasteiger partial charge < -0.3 is 10.2 Å². The molecule has 4 rings (SSSR count). The molecule has 0 radical (unpaired) electrons. The van der Waals surface area contributed by atoms with Crippen LogP contribution in [0.5, 0.6) is 0 Å². The summed E-state index contributed by atoms with van der Waals surface area (Å²) in [5, 5.41) is 5.01. The van der Waals surface area contributed by atoms with E-state index >= 15 is 0 Å². The van der Waals surface area contributed by atoms with Crippen LogP contribution in [0.3, 0.4) is 0 Å². The van der Waals surface area contributed by atoms with Crippen LogP contribution in [-0.4, -0.2) is 39.6 Å². The molecule has 0 saturated carbocycles. The monoisotopic (exact) mass is 402 g/mol. The van der Waals surface area contributed by atoms with Crippen molar-refractivity contribution >= 4 is 23.6 Å². The Morgan fingerprint density at radius 2 is 2.13 bits per heavy atom. The third-order valence-electron chi connectivity index (χ3n) is 5.02. The van der Waals surface area contributed by atoms with Crippen molar-refractivity contribution < 1.29 is 19.2 Å². The second-order valence-corrected chi connectivity index (χ2v) is 7.07. The van der Waals surface area contributed by atoms with E-state index < -0.39 is 17.9 Å². The normalized spacial score (nSPS) is 17.7. The molecular weight excluding hydrogens is 384 g/mol. The fraction of sp³-hybridized carbons (Fsp3) is 0.227. The summed E-state index contributed by atoms with van der Waals surface area (Å²) in [6, 6.07) is 8.17. The maximum absolute atomic E-state index is 12.7. The Balaban J connectivity index is 1.39. The molecule has 0 spiro atoms. The number of piperidine rings is 1. The van der Waals surface area contributed by atoms with Crippen molar-refractivity contribution in [2.24, 2.45) is 0 Å². The van der Waals surface area contributed by atoms with Gasteiger partial charge in [0.05, 0.1) is 0 Å². The molecule has 30 heavy (non-hydrogen) atoms. The van der Waals surface area contributed by atoms with E-state index in [0.29, 0.717) is 24.1 Å². The lowest BCUT2D eigenvalue weighted by Gasteiger charge is -2.29. The first-order valence-corrected chi connectivity index (χ1v) is 9.47. The van der Waals surface area contributed by atoms with Crippen LogP contribution < -0.4 is 10.6 Å².